The maximum Gasteiger partial charge on any atom is 0.248 e. The molecule has 3 heteroatoms. The van der Waals surface area contributed by atoms with Crippen molar-refractivity contribution in [2.45, 2.75) is 18.4 Å². The summed E-state index contributed by atoms with van der Waals surface area (Å²) in [6.07, 6.45) is 0.676. The smallest absolute Gasteiger partial charge is 0.248 e. The van der Waals surface area contributed by atoms with E-state index in [1.165, 1.54) is 11.6 Å². The number of ether oxygens (including phenoxy) is 1. The van der Waals surface area contributed by atoms with Gasteiger partial charge >= 0.3 is 0 Å². The summed E-state index contributed by atoms with van der Waals surface area (Å²) in [6, 6.07) is 15.4. The minimum absolute atomic E-state index is 0.107. The molecule has 0 saturated carbocycles. The van der Waals surface area contributed by atoms with Crippen LogP contribution in [0.2, 0.25) is 0 Å². The van der Waals surface area contributed by atoms with Gasteiger partial charge in [0.15, 0.2) is 0 Å². The molecule has 1 aliphatic heterocycles. The molecule has 1 unspecified atom stereocenters. The highest BCUT2D eigenvalue weighted by Crippen LogP contribution is 2.37. The Balaban J connectivity index is 1.78. The summed E-state index contributed by atoms with van der Waals surface area (Å²) in [5.41, 5.74) is 2.96. The number of benzene rings is 1. The van der Waals surface area contributed by atoms with Crippen molar-refractivity contribution in [1.29, 1.82) is 0 Å². The van der Waals surface area contributed by atoms with Gasteiger partial charge in [-0.1, -0.05) is 43.0 Å². The van der Waals surface area contributed by atoms with Crippen LogP contribution in [0.15, 0.2) is 65.5 Å². The van der Waals surface area contributed by atoms with Crippen LogP contribution in [-0.4, -0.2) is 11.6 Å². The number of nitrogens with one attached hydrogen (secondary N) is 1. The Bertz CT molecular complexity index is 660. The minimum Gasteiger partial charge on any atom is -0.367 e. The molecule has 0 bridgehead atoms. The summed E-state index contributed by atoms with van der Waals surface area (Å²) < 4.78 is 5.93. The Morgan fingerprint density at radius 1 is 1.10 bits per heavy atom. The van der Waals surface area contributed by atoms with Crippen molar-refractivity contribution >= 4 is 0 Å². The van der Waals surface area contributed by atoms with Gasteiger partial charge < -0.3 is 9.72 Å². The quantitative estimate of drug-likeness (QED) is 0.849. The highest BCUT2D eigenvalue weighted by atomic mass is 16.5. The van der Waals surface area contributed by atoms with Crippen molar-refractivity contribution in [2.75, 3.05) is 6.61 Å². The summed E-state index contributed by atoms with van der Waals surface area (Å²) in [5, 5.41) is 0. The number of hydrogen-bond acceptors (Lipinski definition) is 2. The fourth-order valence-corrected chi connectivity index (χ4v) is 2.68. The largest absolute Gasteiger partial charge is 0.367 e. The van der Waals surface area contributed by atoms with E-state index in [1.807, 2.05) is 24.3 Å². The third kappa shape index (κ3) is 2.58. The van der Waals surface area contributed by atoms with Crippen LogP contribution >= 0.6 is 0 Å². The first-order valence-electron chi connectivity index (χ1n) is 6.77. The van der Waals surface area contributed by atoms with Gasteiger partial charge in [-0.05, 0) is 23.6 Å². The Morgan fingerprint density at radius 3 is 2.60 bits per heavy atom. The van der Waals surface area contributed by atoms with Crippen molar-refractivity contribution in [3.8, 4) is 0 Å². The molecular weight excluding hydrogens is 250 g/mol. The Morgan fingerprint density at radius 2 is 1.90 bits per heavy atom. The lowest BCUT2D eigenvalue weighted by Gasteiger charge is -2.31. The summed E-state index contributed by atoms with van der Waals surface area (Å²) in [6.45, 7) is 4.77. The van der Waals surface area contributed by atoms with E-state index in [9.17, 15) is 4.79 Å². The normalized spacial score (nSPS) is 22.7. The number of aromatic amines is 1. The first-order valence-corrected chi connectivity index (χ1v) is 6.77. The second-order valence-corrected chi connectivity index (χ2v) is 5.15. The molecule has 0 spiro atoms. The zero-order chi connectivity index (χ0) is 13.9. The van der Waals surface area contributed by atoms with E-state index in [0.29, 0.717) is 12.5 Å². The van der Waals surface area contributed by atoms with E-state index in [1.54, 1.807) is 6.07 Å². The van der Waals surface area contributed by atoms with E-state index in [4.69, 9.17) is 4.74 Å². The first-order chi connectivity index (χ1) is 9.74. The molecule has 1 aromatic heterocycles. The molecule has 3 nitrogen and oxygen atoms in total. The topological polar surface area (TPSA) is 42.1 Å². The van der Waals surface area contributed by atoms with Crippen molar-refractivity contribution in [3.05, 3.63) is 82.3 Å². The zero-order valence-corrected chi connectivity index (χ0v) is 11.2. The molecule has 1 fully saturated rings. The number of pyridine rings is 1. The van der Waals surface area contributed by atoms with E-state index in [0.717, 1.165) is 17.7 Å². The van der Waals surface area contributed by atoms with Gasteiger partial charge in [-0.15, -0.1) is 0 Å². The lowest BCUT2D eigenvalue weighted by molar-refractivity contribution is 0.0376. The molecule has 20 heavy (non-hydrogen) atoms. The SMILES string of the molecule is C=C1C[C@@H](c2ccccc2)COC1c1cccc(=O)[nH]1. The number of rotatable bonds is 2. The van der Waals surface area contributed by atoms with E-state index in [2.05, 4.69) is 23.7 Å². The molecule has 0 aliphatic carbocycles. The average Bonchev–Trinajstić information content (AvgIpc) is 2.48. The molecular formula is C17H17NO2. The van der Waals surface area contributed by atoms with Gasteiger partial charge in [0.05, 0.1) is 12.3 Å². The Hall–Kier alpha value is -2.13. The van der Waals surface area contributed by atoms with Gasteiger partial charge in [0.1, 0.15) is 6.10 Å². The van der Waals surface area contributed by atoms with Crippen LogP contribution in [0.5, 0.6) is 0 Å². The predicted octanol–water partition coefficient (Wildman–Crippen LogP) is 3.18. The Labute approximate surface area is 117 Å². The predicted molar refractivity (Wildman–Crippen MR) is 78.7 cm³/mol. The highest BCUT2D eigenvalue weighted by molar-refractivity contribution is 5.26. The lowest BCUT2D eigenvalue weighted by Crippen LogP contribution is -2.23. The number of H-pyrrole nitrogens is 1. The second kappa shape index (κ2) is 5.47. The van der Waals surface area contributed by atoms with E-state index < -0.39 is 0 Å². The molecule has 2 atom stereocenters. The van der Waals surface area contributed by atoms with Crippen LogP contribution in [0.1, 0.15) is 29.7 Å². The van der Waals surface area contributed by atoms with Crippen molar-refractivity contribution in [1.82, 2.24) is 4.98 Å². The van der Waals surface area contributed by atoms with Crippen LogP contribution in [0.25, 0.3) is 0 Å². The van der Waals surface area contributed by atoms with Gasteiger partial charge in [-0.25, -0.2) is 0 Å². The summed E-state index contributed by atoms with van der Waals surface area (Å²) in [4.78, 5) is 14.2. The van der Waals surface area contributed by atoms with Crippen LogP contribution < -0.4 is 5.56 Å². The molecule has 3 rings (SSSR count). The van der Waals surface area contributed by atoms with Gasteiger partial charge in [0.2, 0.25) is 5.56 Å². The third-order valence-electron chi connectivity index (χ3n) is 3.69. The first kappa shape index (κ1) is 12.9. The van der Waals surface area contributed by atoms with E-state index >= 15 is 0 Å². The lowest BCUT2D eigenvalue weighted by atomic mass is 9.88. The van der Waals surface area contributed by atoms with E-state index in [-0.39, 0.29) is 11.7 Å². The molecule has 102 valence electrons. The summed E-state index contributed by atoms with van der Waals surface area (Å²) in [5.74, 6) is 0.343. The van der Waals surface area contributed by atoms with Crippen molar-refractivity contribution < 1.29 is 4.74 Å². The summed E-state index contributed by atoms with van der Waals surface area (Å²) >= 11 is 0. The molecule has 1 aliphatic rings. The maximum absolute atomic E-state index is 11.4. The molecule has 2 aromatic rings. The second-order valence-electron chi connectivity index (χ2n) is 5.15. The van der Waals surface area contributed by atoms with Crippen LogP contribution in [-0.2, 0) is 4.74 Å². The van der Waals surface area contributed by atoms with Gasteiger partial charge in [0.25, 0.3) is 0 Å². The molecule has 2 heterocycles. The van der Waals surface area contributed by atoms with Gasteiger partial charge in [0, 0.05) is 12.0 Å². The monoisotopic (exact) mass is 267 g/mol. The van der Waals surface area contributed by atoms with Crippen LogP contribution in [0.3, 0.4) is 0 Å². The average molecular weight is 267 g/mol. The standard InChI is InChI=1S/C17H17NO2/c1-12-10-14(13-6-3-2-4-7-13)11-20-17(12)15-8-5-9-16(19)18-15/h2-9,14,17H,1,10-11H2,(H,18,19)/t14-,17?/m1/s1. The number of hydrogen-bond donors (Lipinski definition) is 1. The van der Waals surface area contributed by atoms with Crippen LogP contribution in [0, 0.1) is 0 Å². The molecule has 1 saturated heterocycles. The minimum atomic E-state index is -0.205. The fraction of sp³-hybridized carbons (Fsp3) is 0.235. The zero-order valence-electron chi connectivity index (χ0n) is 11.2. The third-order valence-corrected chi connectivity index (χ3v) is 3.69. The maximum atomic E-state index is 11.4. The molecule has 0 radical (unpaired) electrons. The van der Waals surface area contributed by atoms with Gasteiger partial charge in [-0.2, -0.15) is 0 Å². The molecule has 1 N–H and O–H groups in total. The Kier molecular flexibility index (Phi) is 3.52. The summed E-state index contributed by atoms with van der Waals surface area (Å²) in [7, 11) is 0. The van der Waals surface area contributed by atoms with Gasteiger partial charge in [-0.3, -0.25) is 4.79 Å². The number of aromatic nitrogens is 1. The van der Waals surface area contributed by atoms with Crippen LogP contribution in [0.4, 0.5) is 0 Å². The van der Waals surface area contributed by atoms with Crippen molar-refractivity contribution in [2.24, 2.45) is 0 Å². The fourth-order valence-electron chi connectivity index (χ4n) is 2.68. The highest BCUT2D eigenvalue weighted by Gasteiger charge is 2.27. The molecule has 0 amide bonds. The van der Waals surface area contributed by atoms with Crippen molar-refractivity contribution in [3.63, 3.8) is 0 Å². The molecule has 1 aromatic carbocycles.